The molecule has 1 aromatic heterocycles. The molecule has 0 aromatic carbocycles. The third-order valence-corrected chi connectivity index (χ3v) is 1.00. The van der Waals surface area contributed by atoms with Crippen LogP contribution in [0.25, 0.3) is 0 Å². The summed E-state index contributed by atoms with van der Waals surface area (Å²) < 4.78 is 0. The van der Waals surface area contributed by atoms with E-state index in [9.17, 15) is 0 Å². The third-order valence-electron chi connectivity index (χ3n) is 1.00. The normalized spacial score (nSPS) is 10.4. The Labute approximate surface area is 64.9 Å². The van der Waals surface area contributed by atoms with Gasteiger partial charge in [-0.25, -0.2) is 4.98 Å². The molecule has 0 aliphatic heterocycles. The van der Waals surface area contributed by atoms with Gasteiger partial charge >= 0.3 is 0 Å². The third kappa shape index (κ3) is 2.33. The molecule has 0 atom stereocenters. The van der Waals surface area contributed by atoms with E-state index in [1.54, 1.807) is 32.3 Å². The molecule has 0 saturated carbocycles. The van der Waals surface area contributed by atoms with E-state index in [-0.39, 0.29) is 0 Å². The minimum atomic E-state index is 0.468. The smallest absolute Gasteiger partial charge is 0.251 e. The zero-order valence-corrected chi connectivity index (χ0v) is 6.48. The summed E-state index contributed by atoms with van der Waals surface area (Å²) in [4.78, 5) is 12.7. The van der Waals surface area contributed by atoms with Crippen molar-refractivity contribution in [2.45, 2.75) is 13.8 Å². The number of hydrogen-bond acceptors (Lipinski definition) is 4. The van der Waals surface area contributed by atoms with Gasteiger partial charge in [0.2, 0.25) is 0 Å². The van der Waals surface area contributed by atoms with Crippen molar-refractivity contribution in [3.8, 4) is 5.88 Å². The molecule has 0 spiro atoms. The van der Waals surface area contributed by atoms with Crippen LogP contribution in [0.2, 0.25) is 0 Å². The Morgan fingerprint density at radius 1 is 1.64 bits per heavy atom. The minimum Gasteiger partial charge on any atom is -0.337 e. The van der Waals surface area contributed by atoms with E-state index in [2.05, 4.69) is 15.1 Å². The van der Waals surface area contributed by atoms with Crippen LogP contribution < -0.4 is 4.84 Å². The quantitative estimate of drug-likeness (QED) is 0.471. The summed E-state index contributed by atoms with van der Waals surface area (Å²) in [5.74, 6) is 1.14. The Bertz CT molecular complexity index is 260. The molecular formula is C7H9N3O. The number of aryl methyl sites for hydroxylation is 1. The fraction of sp³-hybridized carbons (Fsp3) is 0.286. The van der Waals surface area contributed by atoms with Gasteiger partial charge in [0.25, 0.3) is 5.88 Å². The molecule has 1 heterocycles. The fourth-order valence-electron chi connectivity index (χ4n) is 0.592. The van der Waals surface area contributed by atoms with Crippen molar-refractivity contribution in [2.24, 2.45) is 5.16 Å². The molecule has 0 bridgehead atoms. The Morgan fingerprint density at radius 3 is 3.09 bits per heavy atom. The van der Waals surface area contributed by atoms with Crippen LogP contribution in [0.4, 0.5) is 0 Å². The highest BCUT2D eigenvalue weighted by atomic mass is 16.6. The molecule has 0 saturated heterocycles. The van der Waals surface area contributed by atoms with Crippen molar-refractivity contribution < 1.29 is 4.84 Å². The maximum absolute atomic E-state index is 4.85. The topological polar surface area (TPSA) is 47.4 Å². The summed E-state index contributed by atoms with van der Waals surface area (Å²) in [5.41, 5.74) is 0. The SMILES string of the molecule is C/C=N/Oc1ccnc(C)n1. The van der Waals surface area contributed by atoms with Crippen molar-refractivity contribution in [3.05, 3.63) is 18.1 Å². The lowest BCUT2D eigenvalue weighted by atomic mass is 10.6. The Balaban J connectivity index is 2.71. The van der Waals surface area contributed by atoms with Crippen LogP contribution in [0, 0.1) is 6.92 Å². The molecule has 0 unspecified atom stereocenters. The van der Waals surface area contributed by atoms with Gasteiger partial charge in [-0.15, -0.1) is 0 Å². The number of oxime groups is 1. The number of aromatic nitrogens is 2. The van der Waals surface area contributed by atoms with E-state index in [0.717, 1.165) is 0 Å². The highest BCUT2D eigenvalue weighted by molar-refractivity contribution is 5.52. The highest BCUT2D eigenvalue weighted by Gasteiger charge is 1.92. The van der Waals surface area contributed by atoms with Gasteiger partial charge in [-0.3, -0.25) is 0 Å². The zero-order valence-electron chi connectivity index (χ0n) is 6.48. The number of nitrogens with zero attached hydrogens (tertiary/aromatic N) is 3. The molecule has 0 aliphatic carbocycles. The average molecular weight is 151 g/mol. The largest absolute Gasteiger partial charge is 0.337 e. The van der Waals surface area contributed by atoms with Crippen molar-refractivity contribution in [1.29, 1.82) is 0 Å². The molecule has 1 aromatic rings. The zero-order chi connectivity index (χ0) is 8.10. The van der Waals surface area contributed by atoms with Gasteiger partial charge < -0.3 is 4.84 Å². The Hall–Kier alpha value is -1.45. The first-order valence-electron chi connectivity index (χ1n) is 3.27. The van der Waals surface area contributed by atoms with E-state index in [1.807, 2.05) is 0 Å². The van der Waals surface area contributed by atoms with Gasteiger partial charge in [0.05, 0.1) is 0 Å². The van der Waals surface area contributed by atoms with Crippen LogP contribution in [0.1, 0.15) is 12.7 Å². The number of hydrogen-bond donors (Lipinski definition) is 0. The second kappa shape index (κ2) is 3.65. The van der Waals surface area contributed by atoms with E-state index in [4.69, 9.17) is 4.84 Å². The lowest BCUT2D eigenvalue weighted by Gasteiger charge is -1.95. The van der Waals surface area contributed by atoms with Gasteiger partial charge in [0.1, 0.15) is 5.82 Å². The Morgan fingerprint density at radius 2 is 2.45 bits per heavy atom. The summed E-state index contributed by atoms with van der Waals surface area (Å²) in [7, 11) is 0. The first-order valence-corrected chi connectivity index (χ1v) is 3.27. The maximum atomic E-state index is 4.85. The molecule has 58 valence electrons. The van der Waals surface area contributed by atoms with E-state index in [1.165, 1.54) is 0 Å². The van der Waals surface area contributed by atoms with E-state index >= 15 is 0 Å². The molecule has 4 nitrogen and oxygen atoms in total. The standard InChI is InChI=1S/C7H9N3O/c1-3-9-11-7-4-5-8-6(2)10-7/h3-5H,1-2H3/b9-3+. The number of rotatable bonds is 2. The van der Waals surface area contributed by atoms with Gasteiger partial charge in [-0.2, -0.15) is 4.98 Å². The molecule has 4 heteroatoms. The first-order chi connectivity index (χ1) is 5.33. The van der Waals surface area contributed by atoms with Gasteiger partial charge in [-0.1, -0.05) is 5.16 Å². The molecule has 0 fully saturated rings. The second-order valence-corrected chi connectivity index (χ2v) is 1.90. The monoisotopic (exact) mass is 151 g/mol. The van der Waals surface area contributed by atoms with Gasteiger partial charge in [0, 0.05) is 18.5 Å². The van der Waals surface area contributed by atoms with Crippen molar-refractivity contribution >= 4 is 6.21 Å². The predicted molar refractivity (Wildman–Crippen MR) is 41.6 cm³/mol. The van der Waals surface area contributed by atoms with Crippen LogP contribution in [0.15, 0.2) is 17.4 Å². The lowest BCUT2D eigenvalue weighted by molar-refractivity contribution is 0.328. The van der Waals surface area contributed by atoms with Crippen LogP contribution in [-0.4, -0.2) is 16.2 Å². The van der Waals surface area contributed by atoms with Gasteiger partial charge in [0.15, 0.2) is 0 Å². The summed E-state index contributed by atoms with van der Waals surface area (Å²) in [5, 5.41) is 3.57. The molecule has 0 aliphatic rings. The highest BCUT2D eigenvalue weighted by Crippen LogP contribution is 2.03. The molecule has 0 amide bonds. The fourth-order valence-corrected chi connectivity index (χ4v) is 0.592. The van der Waals surface area contributed by atoms with E-state index in [0.29, 0.717) is 11.7 Å². The summed E-state index contributed by atoms with van der Waals surface area (Å²) in [6.45, 7) is 3.57. The van der Waals surface area contributed by atoms with Crippen LogP contribution >= 0.6 is 0 Å². The lowest BCUT2D eigenvalue weighted by Crippen LogP contribution is -1.90. The summed E-state index contributed by atoms with van der Waals surface area (Å²) in [6, 6.07) is 1.65. The molecule has 11 heavy (non-hydrogen) atoms. The summed E-state index contributed by atoms with van der Waals surface area (Å²) >= 11 is 0. The van der Waals surface area contributed by atoms with E-state index < -0.39 is 0 Å². The van der Waals surface area contributed by atoms with Crippen molar-refractivity contribution in [1.82, 2.24) is 9.97 Å². The maximum Gasteiger partial charge on any atom is 0.251 e. The molecule has 1 rings (SSSR count). The first kappa shape index (κ1) is 7.65. The molecule has 0 N–H and O–H groups in total. The predicted octanol–water partition coefficient (Wildman–Crippen LogP) is 1.17. The Kier molecular flexibility index (Phi) is 2.54. The van der Waals surface area contributed by atoms with Crippen molar-refractivity contribution in [3.63, 3.8) is 0 Å². The van der Waals surface area contributed by atoms with Crippen LogP contribution in [0.5, 0.6) is 5.88 Å². The van der Waals surface area contributed by atoms with Crippen LogP contribution in [0.3, 0.4) is 0 Å². The summed E-state index contributed by atoms with van der Waals surface area (Å²) in [6.07, 6.45) is 3.18. The average Bonchev–Trinajstić information content (AvgIpc) is 2.01. The molecule has 0 radical (unpaired) electrons. The van der Waals surface area contributed by atoms with Crippen LogP contribution in [-0.2, 0) is 0 Å². The minimum absolute atomic E-state index is 0.468. The molecular weight excluding hydrogens is 142 g/mol. The second-order valence-electron chi connectivity index (χ2n) is 1.90. The van der Waals surface area contributed by atoms with Gasteiger partial charge in [-0.05, 0) is 13.8 Å². The van der Waals surface area contributed by atoms with Crippen molar-refractivity contribution in [2.75, 3.05) is 0 Å².